The van der Waals surface area contributed by atoms with E-state index in [1.54, 1.807) is 6.07 Å². The summed E-state index contributed by atoms with van der Waals surface area (Å²) in [7, 11) is 0. The first-order valence-corrected chi connectivity index (χ1v) is 7.64. The van der Waals surface area contributed by atoms with E-state index in [4.69, 9.17) is 0 Å². The molecule has 1 aliphatic rings. The van der Waals surface area contributed by atoms with Crippen molar-refractivity contribution in [3.05, 3.63) is 71.4 Å². The second kappa shape index (κ2) is 6.58. The van der Waals surface area contributed by atoms with Crippen molar-refractivity contribution in [2.45, 2.75) is 25.4 Å². The Morgan fingerprint density at radius 1 is 0.800 bits per heavy atom. The Balaban J connectivity index is 2.01. The van der Waals surface area contributed by atoms with Gasteiger partial charge < -0.3 is 0 Å². The zero-order valence-corrected chi connectivity index (χ0v) is 12.9. The van der Waals surface area contributed by atoms with Crippen LogP contribution in [0.1, 0.15) is 30.4 Å². The van der Waals surface area contributed by atoms with Crippen LogP contribution >= 0.6 is 0 Å². The van der Waals surface area contributed by atoms with Gasteiger partial charge in [-0.25, -0.2) is 13.2 Å². The van der Waals surface area contributed by atoms with Crippen molar-refractivity contribution in [3.63, 3.8) is 0 Å². The molecule has 25 heavy (non-hydrogen) atoms. The SMILES string of the molecule is Fc1cc(C2=CC[CH]CC2)ccc1-c1cc(F)c(C(F)(F)F)c(F)c1. The summed E-state index contributed by atoms with van der Waals surface area (Å²) in [5, 5.41) is 0. The zero-order valence-electron chi connectivity index (χ0n) is 12.9. The smallest absolute Gasteiger partial charge is 0.206 e. The molecular weight excluding hydrogens is 342 g/mol. The molecule has 0 heterocycles. The molecule has 0 saturated carbocycles. The molecule has 0 fully saturated rings. The summed E-state index contributed by atoms with van der Waals surface area (Å²) in [6, 6.07) is 5.16. The maximum Gasteiger partial charge on any atom is 0.422 e. The summed E-state index contributed by atoms with van der Waals surface area (Å²) in [5.41, 5.74) is -0.784. The summed E-state index contributed by atoms with van der Waals surface area (Å²) >= 11 is 0. The first kappa shape index (κ1) is 17.6. The quantitative estimate of drug-likeness (QED) is 0.535. The summed E-state index contributed by atoms with van der Waals surface area (Å²) in [4.78, 5) is 0. The summed E-state index contributed by atoms with van der Waals surface area (Å²) < 4.78 is 79.6. The molecule has 0 aliphatic heterocycles. The third-order valence-corrected chi connectivity index (χ3v) is 4.13. The van der Waals surface area contributed by atoms with Crippen molar-refractivity contribution in [3.8, 4) is 11.1 Å². The van der Waals surface area contributed by atoms with Crippen LogP contribution in [0.4, 0.5) is 26.3 Å². The lowest BCUT2D eigenvalue weighted by atomic mass is 9.92. The Labute approximate surface area is 140 Å². The van der Waals surface area contributed by atoms with E-state index in [-0.39, 0.29) is 11.1 Å². The van der Waals surface area contributed by atoms with E-state index >= 15 is 0 Å². The second-order valence-electron chi connectivity index (χ2n) is 5.80. The molecule has 131 valence electrons. The van der Waals surface area contributed by atoms with Crippen LogP contribution in [0.25, 0.3) is 16.7 Å². The van der Waals surface area contributed by atoms with Crippen LogP contribution in [-0.4, -0.2) is 0 Å². The third-order valence-electron chi connectivity index (χ3n) is 4.13. The molecule has 0 aromatic heterocycles. The Morgan fingerprint density at radius 2 is 1.44 bits per heavy atom. The van der Waals surface area contributed by atoms with E-state index in [0.29, 0.717) is 17.7 Å². The minimum atomic E-state index is -5.15. The molecule has 0 N–H and O–H groups in total. The molecule has 1 aliphatic carbocycles. The van der Waals surface area contributed by atoms with E-state index in [1.165, 1.54) is 12.1 Å². The van der Waals surface area contributed by atoms with Gasteiger partial charge in [-0.15, -0.1) is 0 Å². The lowest BCUT2D eigenvalue weighted by Gasteiger charge is -2.15. The highest BCUT2D eigenvalue weighted by atomic mass is 19.4. The zero-order chi connectivity index (χ0) is 18.2. The van der Waals surface area contributed by atoms with Crippen molar-refractivity contribution in [2.75, 3.05) is 0 Å². The van der Waals surface area contributed by atoms with Crippen LogP contribution in [0.2, 0.25) is 0 Å². The number of alkyl halides is 3. The molecule has 3 rings (SSSR count). The van der Waals surface area contributed by atoms with Crippen molar-refractivity contribution in [2.24, 2.45) is 0 Å². The van der Waals surface area contributed by atoms with Gasteiger partial charge in [-0.2, -0.15) is 13.2 Å². The van der Waals surface area contributed by atoms with Crippen LogP contribution in [0, 0.1) is 23.9 Å². The standard InChI is InChI=1S/C19H13F6/c20-15-8-12(11-4-2-1-3-5-11)6-7-14(15)13-9-16(21)18(17(22)10-13)19(23,24)25/h1,4,6-10H,2-3,5H2. The minimum Gasteiger partial charge on any atom is -0.206 e. The Hall–Kier alpha value is -2.24. The molecule has 2 aromatic rings. The lowest BCUT2D eigenvalue weighted by molar-refractivity contribution is -0.142. The van der Waals surface area contributed by atoms with Crippen LogP contribution in [0.5, 0.6) is 0 Å². The monoisotopic (exact) mass is 355 g/mol. The fourth-order valence-electron chi connectivity index (χ4n) is 2.91. The molecule has 0 saturated heterocycles. The molecule has 0 atom stereocenters. The highest BCUT2D eigenvalue weighted by Crippen LogP contribution is 2.37. The third kappa shape index (κ3) is 3.57. The number of allylic oxidation sites excluding steroid dienone is 2. The average Bonchev–Trinajstić information content (AvgIpc) is 2.53. The van der Waals surface area contributed by atoms with Gasteiger partial charge in [0.05, 0.1) is 0 Å². The molecule has 0 spiro atoms. The van der Waals surface area contributed by atoms with Gasteiger partial charge in [0.1, 0.15) is 23.0 Å². The van der Waals surface area contributed by atoms with Gasteiger partial charge in [0, 0.05) is 5.56 Å². The first-order chi connectivity index (χ1) is 11.8. The Kier molecular flexibility index (Phi) is 4.62. The van der Waals surface area contributed by atoms with Gasteiger partial charge >= 0.3 is 6.18 Å². The molecule has 2 aromatic carbocycles. The van der Waals surface area contributed by atoms with E-state index in [1.807, 2.05) is 6.08 Å². The van der Waals surface area contributed by atoms with Crippen molar-refractivity contribution in [1.29, 1.82) is 0 Å². The van der Waals surface area contributed by atoms with Gasteiger partial charge in [0.2, 0.25) is 0 Å². The van der Waals surface area contributed by atoms with Gasteiger partial charge in [-0.3, -0.25) is 0 Å². The van der Waals surface area contributed by atoms with Crippen molar-refractivity contribution in [1.82, 2.24) is 0 Å². The van der Waals surface area contributed by atoms with Crippen LogP contribution in [-0.2, 0) is 6.18 Å². The molecule has 1 radical (unpaired) electrons. The van der Waals surface area contributed by atoms with Gasteiger partial charge in [0.25, 0.3) is 0 Å². The maximum atomic E-state index is 14.4. The van der Waals surface area contributed by atoms with Crippen molar-refractivity contribution >= 4 is 5.57 Å². The van der Waals surface area contributed by atoms with Crippen LogP contribution in [0.3, 0.4) is 0 Å². The van der Waals surface area contributed by atoms with E-state index in [9.17, 15) is 26.3 Å². The number of hydrogen-bond donors (Lipinski definition) is 0. The second-order valence-corrected chi connectivity index (χ2v) is 5.80. The molecule has 0 unspecified atom stereocenters. The highest BCUT2D eigenvalue weighted by Gasteiger charge is 2.38. The first-order valence-electron chi connectivity index (χ1n) is 7.64. The average molecular weight is 355 g/mol. The van der Waals surface area contributed by atoms with Gasteiger partial charge in [-0.1, -0.05) is 18.2 Å². The summed E-state index contributed by atoms with van der Waals surface area (Å²) in [6.07, 6.45) is 1.35. The van der Waals surface area contributed by atoms with E-state index in [0.717, 1.165) is 24.8 Å². The summed E-state index contributed by atoms with van der Waals surface area (Å²) in [6.45, 7) is 0. The molecule has 0 amide bonds. The number of hydrogen-bond acceptors (Lipinski definition) is 0. The van der Waals surface area contributed by atoms with Crippen LogP contribution < -0.4 is 0 Å². The predicted molar refractivity (Wildman–Crippen MR) is 82.9 cm³/mol. The minimum absolute atomic E-state index is 0.154. The largest absolute Gasteiger partial charge is 0.422 e. The normalized spacial score (nSPS) is 15.2. The fraction of sp³-hybridized carbons (Fsp3) is 0.211. The van der Waals surface area contributed by atoms with Gasteiger partial charge in [-0.05, 0) is 60.6 Å². The molecule has 6 heteroatoms. The Bertz CT molecular complexity index is 809. The van der Waals surface area contributed by atoms with E-state index in [2.05, 4.69) is 6.42 Å². The van der Waals surface area contributed by atoms with Gasteiger partial charge in [0.15, 0.2) is 0 Å². The number of rotatable bonds is 2. The molecular formula is C19H13F6. The van der Waals surface area contributed by atoms with E-state index < -0.39 is 29.2 Å². The molecule has 0 nitrogen and oxygen atoms in total. The Morgan fingerprint density at radius 3 is 1.96 bits per heavy atom. The topological polar surface area (TPSA) is 0 Å². The number of halogens is 6. The summed E-state index contributed by atoms with van der Waals surface area (Å²) in [5.74, 6) is -4.28. The highest BCUT2D eigenvalue weighted by molar-refractivity contribution is 5.72. The van der Waals surface area contributed by atoms with Crippen LogP contribution in [0.15, 0.2) is 36.4 Å². The maximum absolute atomic E-state index is 14.4. The fourth-order valence-corrected chi connectivity index (χ4v) is 2.91. The predicted octanol–water partition coefficient (Wildman–Crippen LogP) is 6.56. The number of benzene rings is 2. The van der Waals surface area contributed by atoms with Crippen molar-refractivity contribution < 1.29 is 26.3 Å². The molecule has 0 bridgehead atoms. The lowest BCUT2D eigenvalue weighted by Crippen LogP contribution is -2.11.